The fourth-order valence-electron chi connectivity index (χ4n) is 4.46. The van der Waals surface area contributed by atoms with E-state index in [9.17, 15) is 14.0 Å². The van der Waals surface area contributed by atoms with Crippen molar-refractivity contribution in [2.75, 3.05) is 13.2 Å². The van der Waals surface area contributed by atoms with E-state index in [2.05, 4.69) is 45.2 Å². The van der Waals surface area contributed by atoms with E-state index >= 15 is 0 Å². The molecule has 1 aliphatic heterocycles. The van der Waals surface area contributed by atoms with E-state index in [-0.39, 0.29) is 24.3 Å². The minimum Gasteiger partial charge on any atom is -0.477 e. The monoisotopic (exact) mass is 791 g/mol. The molecule has 1 atom stereocenters. The number of fused-ring (bicyclic) bond motifs is 1. The summed E-state index contributed by atoms with van der Waals surface area (Å²) >= 11 is 5.47. The molecule has 0 N–H and O–H groups in total. The van der Waals surface area contributed by atoms with E-state index in [4.69, 9.17) is 19.7 Å². The summed E-state index contributed by atoms with van der Waals surface area (Å²) in [5.41, 5.74) is 2.26. The molecule has 2 heterocycles. The molecular weight excluding hydrogens is 771 g/mol. The zero-order valence-corrected chi connectivity index (χ0v) is 26.6. The topological polar surface area (TPSA) is 93.7 Å². The number of nitrogens with zero attached hydrogens (tertiary/aromatic N) is 3. The first-order valence-corrected chi connectivity index (χ1v) is 15.3. The number of carbonyl (C=O) groups excluding carboxylic acids is 1. The van der Waals surface area contributed by atoms with Crippen LogP contribution < -0.4 is 19.6 Å². The van der Waals surface area contributed by atoms with Crippen LogP contribution in [0, 0.1) is 24.3 Å². The maximum atomic E-state index is 14.0. The summed E-state index contributed by atoms with van der Waals surface area (Å²) in [6.07, 6.45) is 1.76. The summed E-state index contributed by atoms with van der Waals surface area (Å²) in [6, 6.07) is 19.8. The van der Waals surface area contributed by atoms with Gasteiger partial charge in [0.15, 0.2) is 11.4 Å². The standard InChI is InChI=1S/C30H20FI2N3O4S/c1-2-39-29(38)24-25(18-6-4-3-5-7-18)35-30-36(26(24)19-8-10-20(31)11-9-19)28(37)23(41-30)16-17-14-21(32)27(22(33)15-17)40-13-12-34/h3-11,14-16,26H,2,13H2,1H3/b23-16-/t26-/m0/s1. The molecule has 11 heteroatoms. The van der Waals surface area contributed by atoms with Gasteiger partial charge in [-0.25, -0.2) is 14.2 Å². The largest absolute Gasteiger partial charge is 0.477 e. The summed E-state index contributed by atoms with van der Waals surface area (Å²) < 4.78 is 28.4. The van der Waals surface area contributed by atoms with Crippen LogP contribution in [0.1, 0.15) is 29.7 Å². The Kier molecular flexibility index (Phi) is 9.00. The maximum absolute atomic E-state index is 14.0. The number of carbonyl (C=O) groups is 1. The smallest absolute Gasteiger partial charge is 0.338 e. The van der Waals surface area contributed by atoms with Crippen molar-refractivity contribution in [1.29, 1.82) is 5.26 Å². The van der Waals surface area contributed by atoms with Crippen molar-refractivity contribution >= 4 is 74.3 Å². The van der Waals surface area contributed by atoms with E-state index in [1.165, 1.54) is 28.0 Å². The Hall–Kier alpha value is -3.35. The molecule has 0 spiro atoms. The van der Waals surface area contributed by atoms with Crippen LogP contribution in [0.2, 0.25) is 0 Å². The Bertz CT molecular complexity index is 1870. The van der Waals surface area contributed by atoms with Crippen molar-refractivity contribution in [3.8, 4) is 11.8 Å². The van der Waals surface area contributed by atoms with Crippen molar-refractivity contribution in [2.45, 2.75) is 13.0 Å². The predicted octanol–water partition coefficient (Wildman–Crippen LogP) is 5.19. The van der Waals surface area contributed by atoms with Gasteiger partial charge in [0, 0.05) is 5.56 Å². The van der Waals surface area contributed by atoms with Crippen LogP contribution in [0.25, 0.3) is 11.8 Å². The molecule has 0 aliphatic carbocycles. The van der Waals surface area contributed by atoms with Gasteiger partial charge in [0.1, 0.15) is 17.6 Å². The molecule has 7 nitrogen and oxygen atoms in total. The molecule has 0 fully saturated rings. The number of halogens is 3. The molecule has 0 unspecified atom stereocenters. The highest BCUT2D eigenvalue weighted by atomic mass is 127. The summed E-state index contributed by atoms with van der Waals surface area (Å²) in [5.74, 6) is -0.428. The molecule has 1 aliphatic rings. The van der Waals surface area contributed by atoms with Crippen LogP contribution in [-0.2, 0) is 9.53 Å². The lowest BCUT2D eigenvalue weighted by molar-refractivity contribution is -0.138. The Balaban J connectivity index is 1.76. The quantitative estimate of drug-likeness (QED) is 0.190. The molecule has 0 radical (unpaired) electrons. The summed E-state index contributed by atoms with van der Waals surface area (Å²) in [6.45, 7) is 1.78. The van der Waals surface area contributed by atoms with Gasteiger partial charge in [0.2, 0.25) is 0 Å². The lowest BCUT2D eigenvalue weighted by Crippen LogP contribution is -2.40. The number of ether oxygens (including phenoxy) is 2. The number of benzene rings is 3. The average Bonchev–Trinajstić information content (AvgIpc) is 3.27. The number of rotatable bonds is 7. The summed E-state index contributed by atoms with van der Waals surface area (Å²) in [7, 11) is 0. The zero-order chi connectivity index (χ0) is 29.1. The second kappa shape index (κ2) is 12.7. The average molecular weight is 791 g/mol. The highest BCUT2D eigenvalue weighted by molar-refractivity contribution is 14.1. The van der Waals surface area contributed by atoms with Gasteiger partial charge < -0.3 is 9.47 Å². The maximum Gasteiger partial charge on any atom is 0.338 e. The Morgan fingerprint density at radius 3 is 2.46 bits per heavy atom. The van der Waals surface area contributed by atoms with Crippen LogP contribution in [0.15, 0.2) is 82.1 Å². The molecule has 4 aromatic rings. The van der Waals surface area contributed by atoms with Gasteiger partial charge in [-0.1, -0.05) is 53.8 Å². The fraction of sp³-hybridized carbons (Fsp3) is 0.133. The van der Waals surface area contributed by atoms with Gasteiger partial charge in [0.25, 0.3) is 5.56 Å². The van der Waals surface area contributed by atoms with Gasteiger partial charge in [-0.2, -0.15) is 5.26 Å². The summed E-state index contributed by atoms with van der Waals surface area (Å²) in [4.78, 5) is 32.7. The second-order valence-corrected chi connectivity index (χ2v) is 12.1. The molecular formula is C30H20FI2N3O4S. The Morgan fingerprint density at radius 1 is 1.15 bits per heavy atom. The normalized spacial score (nSPS) is 14.7. The molecule has 5 rings (SSSR count). The third kappa shape index (κ3) is 6.00. The third-order valence-corrected chi connectivity index (χ3v) is 8.74. The van der Waals surface area contributed by atoms with Gasteiger partial charge in [-0.15, -0.1) is 0 Å². The second-order valence-electron chi connectivity index (χ2n) is 8.74. The molecule has 0 bridgehead atoms. The Morgan fingerprint density at radius 2 is 1.83 bits per heavy atom. The van der Waals surface area contributed by atoms with Gasteiger partial charge >= 0.3 is 5.97 Å². The zero-order valence-electron chi connectivity index (χ0n) is 21.4. The van der Waals surface area contributed by atoms with Crippen LogP contribution >= 0.6 is 56.5 Å². The van der Waals surface area contributed by atoms with Crippen molar-refractivity contribution in [1.82, 2.24) is 4.57 Å². The minimum absolute atomic E-state index is 0.0696. The lowest BCUT2D eigenvalue weighted by atomic mass is 9.93. The number of hydrogen-bond acceptors (Lipinski definition) is 7. The van der Waals surface area contributed by atoms with Gasteiger partial charge in [-0.3, -0.25) is 9.36 Å². The van der Waals surface area contributed by atoms with Gasteiger partial charge in [0.05, 0.1) is 35.6 Å². The fourth-order valence-corrected chi connectivity index (χ4v) is 7.59. The van der Waals surface area contributed by atoms with Crippen LogP contribution in [0.4, 0.5) is 4.39 Å². The van der Waals surface area contributed by atoms with Crippen LogP contribution in [0.3, 0.4) is 0 Å². The summed E-state index contributed by atoms with van der Waals surface area (Å²) in [5, 5.41) is 8.88. The van der Waals surface area contributed by atoms with Crippen molar-refractivity contribution in [3.63, 3.8) is 0 Å². The highest BCUT2D eigenvalue weighted by Crippen LogP contribution is 2.35. The number of esters is 1. The molecule has 41 heavy (non-hydrogen) atoms. The van der Waals surface area contributed by atoms with E-state index < -0.39 is 17.8 Å². The third-order valence-electron chi connectivity index (χ3n) is 6.16. The van der Waals surface area contributed by atoms with E-state index in [0.29, 0.717) is 31.9 Å². The van der Waals surface area contributed by atoms with Crippen molar-refractivity contribution in [2.24, 2.45) is 4.99 Å². The number of aromatic nitrogens is 1. The molecule has 0 saturated heterocycles. The van der Waals surface area contributed by atoms with Crippen molar-refractivity contribution in [3.05, 3.63) is 122 Å². The first-order chi connectivity index (χ1) is 19.8. The van der Waals surface area contributed by atoms with Crippen LogP contribution in [-0.4, -0.2) is 23.8 Å². The number of hydrogen-bond donors (Lipinski definition) is 0. The molecule has 206 valence electrons. The highest BCUT2D eigenvalue weighted by Gasteiger charge is 2.35. The minimum atomic E-state index is -0.884. The molecule has 0 saturated carbocycles. The first kappa shape index (κ1) is 29.2. The van der Waals surface area contributed by atoms with E-state index in [1.807, 2.05) is 48.5 Å². The SMILES string of the molecule is CCOC(=O)C1=C(c2ccccc2)N=c2s/c(=C\c3cc(I)c(OCC#N)c(I)c3)c(=O)n2[C@H]1c1ccc(F)cc1. The van der Waals surface area contributed by atoms with E-state index in [1.54, 1.807) is 25.1 Å². The number of nitriles is 1. The van der Waals surface area contributed by atoms with Crippen molar-refractivity contribution < 1.29 is 18.7 Å². The molecule has 1 aromatic heterocycles. The number of thiazole rings is 1. The molecule has 3 aromatic carbocycles. The predicted molar refractivity (Wildman–Crippen MR) is 170 cm³/mol. The van der Waals surface area contributed by atoms with Gasteiger partial charge in [-0.05, 0) is 93.6 Å². The molecule has 0 amide bonds. The van der Waals surface area contributed by atoms with E-state index in [0.717, 1.165) is 12.7 Å². The lowest BCUT2D eigenvalue weighted by Gasteiger charge is -2.25. The first-order valence-electron chi connectivity index (χ1n) is 12.3. The Labute approximate surface area is 265 Å². The van der Waals surface area contributed by atoms with Crippen LogP contribution in [0.5, 0.6) is 5.75 Å².